The molecule has 172 valence electrons. The van der Waals surface area contributed by atoms with Crippen LogP contribution in [0, 0.1) is 19.7 Å². The molecule has 7 heteroatoms. The lowest BCUT2D eigenvalue weighted by Gasteiger charge is -2.35. The second-order valence-corrected chi connectivity index (χ2v) is 8.49. The summed E-state index contributed by atoms with van der Waals surface area (Å²) in [5, 5.41) is 2.77. The molecule has 4 rings (SSSR count). The molecule has 1 aromatic heterocycles. The van der Waals surface area contributed by atoms with Gasteiger partial charge in [-0.1, -0.05) is 18.6 Å². The van der Waals surface area contributed by atoms with Crippen molar-refractivity contribution in [3.8, 4) is 5.75 Å². The molecule has 2 aromatic carbocycles. The number of hydrogen-bond acceptors (Lipinski definition) is 5. The molecule has 0 unspecified atom stereocenters. The number of halogens is 1. The molecule has 1 amide bonds. The van der Waals surface area contributed by atoms with Gasteiger partial charge in [-0.3, -0.25) is 9.69 Å². The predicted molar refractivity (Wildman–Crippen MR) is 126 cm³/mol. The Morgan fingerprint density at radius 1 is 1.18 bits per heavy atom. The molecule has 1 saturated heterocycles. The number of likely N-dealkylation sites (tertiary alicyclic amines) is 1. The van der Waals surface area contributed by atoms with Gasteiger partial charge in [-0.05, 0) is 69.1 Å². The lowest BCUT2D eigenvalue weighted by Crippen LogP contribution is -2.34. The summed E-state index contributed by atoms with van der Waals surface area (Å²) in [5.74, 6) is 0.966. The molecule has 2 heterocycles. The number of carbonyl (C=O) groups is 1. The fourth-order valence-corrected chi connectivity index (χ4v) is 4.27. The fraction of sp³-hybridized carbons (Fsp3) is 0.346. The number of aromatic nitrogens is 2. The zero-order valence-corrected chi connectivity index (χ0v) is 19.3. The first-order valence-electron chi connectivity index (χ1n) is 11.2. The van der Waals surface area contributed by atoms with Crippen molar-refractivity contribution in [3.05, 3.63) is 82.7 Å². The molecule has 1 aliphatic heterocycles. The Bertz CT molecular complexity index is 1130. The van der Waals surface area contributed by atoms with Crippen LogP contribution in [0.25, 0.3) is 0 Å². The van der Waals surface area contributed by atoms with Crippen LogP contribution in [0.5, 0.6) is 5.75 Å². The Labute approximate surface area is 193 Å². The highest BCUT2D eigenvalue weighted by molar-refractivity contribution is 6.04. The summed E-state index contributed by atoms with van der Waals surface area (Å²) < 4.78 is 18.7. The van der Waals surface area contributed by atoms with Gasteiger partial charge in [0.15, 0.2) is 0 Å². The van der Waals surface area contributed by atoms with E-state index in [1.165, 1.54) is 29.8 Å². The van der Waals surface area contributed by atoms with E-state index in [9.17, 15) is 9.18 Å². The van der Waals surface area contributed by atoms with E-state index in [2.05, 4.69) is 40.3 Å². The molecule has 1 fully saturated rings. The van der Waals surface area contributed by atoms with Gasteiger partial charge in [0, 0.05) is 24.0 Å². The number of amides is 1. The highest BCUT2D eigenvalue weighted by Gasteiger charge is 2.28. The average Bonchev–Trinajstić information content (AvgIpc) is 2.82. The van der Waals surface area contributed by atoms with Gasteiger partial charge in [-0.15, -0.1) is 0 Å². The van der Waals surface area contributed by atoms with Crippen LogP contribution >= 0.6 is 0 Å². The number of ether oxygens (including phenoxy) is 1. The zero-order valence-electron chi connectivity index (χ0n) is 19.3. The first-order valence-corrected chi connectivity index (χ1v) is 11.2. The largest absolute Gasteiger partial charge is 0.496 e. The molecule has 0 spiro atoms. The molecular formula is C26H29FN4O2. The van der Waals surface area contributed by atoms with Crippen molar-refractivity contribution in [2.24, 2.45) is 0 Å². The Hall–Kier alpha value is -3.32. The lowest BCUT2D eigenvalue weighted by atomic mass is 9.99. The molecule has 0 bridgehead atoms. The standard InChI is InChI=1S/C26H29FN4O2/c1-17-7-8-19(24(14-17)33-3)16-31-13-5-4-6-23(31)25-28-15-22(18(2)29-25)26(32)30-21-11-9-20(27)10-12-21/h7-12,14-15,23H,4-6,13,16H2,1-3H3,(H,30,32)/t23-/m1/s1. The van der Waals surface area contributed by atoms with Gasteiger partial charge in [0.25, 0.3) is 5.91 Å². The third kappa shape index (κ3) is 5.37. The van der Waals surface area contributed by atoms with Crippen LogP contribution in [0.1, 0.15) is 58.3 Å². The molecule has 3 aromatic rings. The van der Waals surface area contributed by atoms with Gasteiger partial charge >= 0.3 is 0 Å². The topological polar surface area (TPSA) is 67.3 Å². The average molecular weight is 449 g/mol. The Morgan fingerprint density at radius 3 is 2.70 bits per heavy atom. The highest BCUT2D eigenvalue weighted by Crippen LogP contribution is 2.32. The second-order valence-electron chi connectivity index (χ2n) is 8.49. The summed E-state index contributed by atoms with van der Waals surface area (Å²) in [7, 11) is 1.70. The number of piperidine rings is 1. The molecular weight excluding hydrogens is 419 g/mol. The summed E-state index contributed by atoms with van der Waals surface area (Å²) in [5.41, 5.74) is 3.86. The maximum absolute atomic E-state index is 13.1. The molecule has 1 N–H and O–H groups in total. The number of hydrogen-bond donors (Lipinski definition) is 1. The third-order valence-corrected chi connectivity index (χ3v) is 6.07. The van der Waals surface area contributed by atoms with Crippen LogP contribution in [0.15, 0.2) is 48.7 Å². The summed E-state index contributed by atoms with van der Waals surface area (Å²) in [6.07, 6.45) is 4.80. The van der Waals surface area contributed by atoms with Gasteiger partial charge in [-0.25, -0.2) is 14.4 Å². The summed E-state index contributed by atoms with van der Waals surface area (Å²) in [6.45, 7) is 5.58. The van der Waals surface area contributed by atoms with Crippen LogP contribution < -0.4 is 10.1 Å². The smallest absolute Gasteiger partial charge is 0.259 e. The number of benzene rings is 2. The minimum Gasteiger partial charge on any atom is -0.496 e. The minimum absolute atomic E-state index is 0.0812. The quantitative estimate of drug-likeness (QED) is 0.560. The van der Waals surface area contributed by atoms with Gasteiger partial charge in [0.2, 0.25) is 0 Å². The summed E-state index contributed by atoms with van der Waals surface area (Å²) in [6, 6.07) is 12.0. The van der Waals surface area contributed by atoms with Crippen molar-refractivity contribution in [1.29, 1.82) is 0 Å². The highest BCUT2D eigenvalue weighted by atomic mass is 19.1. The number of anilines is 1. The number of nitrogens with zero attached hydrogens (tertiary/aromatic N) is 3. The molecule has 33 heavy (non-hydrogen) atoms. The van der Waals surface area contributed by atoms with E-state index in [4.69, 9.17) is 9.72 Å². The summed E-state index contributed by atoms with van der Waals surface area (Å²) in [4.78, 5) is 24.4. The Morgan fingerprint density at radius 2 is 1.97 bits per heavy atom. The van der Waals surface area contributed by atoms with Crippen molar-refractivity contribution in [3.63, 3.8) is 0 Å². The van der Waals surface area contributed by atoms with Crippen LogP contribution in [0.2, 0.25) is 0 Å². The number of methoxy groups -OCH3 is 1. The molecule has 0 radical (unpaired) electrons. The molecule has 1 aliphatic rings. The van der Waals surface area contributed by atoms with E-state index < -0.39 is 0 Å². The van der Waals surface area contributed by atoms with Gasteiger partial charge < -0.3 is 10.1 Å². The van der Waals surface area contributed by atoms with Crippen LogP contribution in [0.3, 0.4) is 0 Å². The molecule has 0 saturated carbocycles. The van der Waals surface area contributed by atoms with E-state index in [1.807, 2.05) is 6.92 Å². The van der Waals surface area contributed by atoms with E-state index in [-0.39, 0.29) is 17.8 Å². The molecule has 0 aliphatic carbocycles. The van der Waals surface area contributed by atoms with E-state index >= 15 is 0 Å². The predicted octanol–water partition coefficient (Wildman–Crippen LogP) is 5.22. The normalized spacial score (nSPS) is 16.4. The lowest BCUT2D eigenvalue weighted by molar-refractivity contribution is 0.102. The maximum Gasteiger partial charge on any atom is 0.259 e. The molecule has 6 nitrogen and oxygen atoms in total. The molecule has 1 atom stereocenters. The van der Waals surface area contributed by atoms with E-state index in [0.717, 1.165) is 49.5 Å². The van der Waals surface area contributed by atoms with E-state index in [1.54, 1.807) is 13.3 Å². The Kier molecular flexibility index (Phi) is 6.99. The van der Waals surface area contributed by atoms with Crippen molar-refractivity contribution in [1.82, 2.24) is 14.9 Å². The summed E-state index contributed by atoms with van der Waals surface area (Å²) >= 11 is 0. The van der Waals surface area contributed by atoms with E-state index in [0.29, 0.717) is 16.9 Å². The van der Waals surface area contributed by atoms with Crippen molar-refractivity contribution in [2.45, 2.75) is 45.7 Å². The van der Waals surface area contributed by atoms with Crippen molar-refractivity contribution < 1.29 is 13.9 Å². The van der Waals surface area contributed by atoms with Crippen LogP contribution in [-0.2, 0) is 6.54 Å². The number of carbonyl (C=O) groups excluding carboxylic acids is 1. The minimum atomic E-state index is -0.350. The SMILES string of the molecule is COc1cc(C)ccc1CN1CCCC[C@@H]1c1ncc(C(=O)Nc2ccc(F)cc2)c(C)n1. The monoisotopic (exact) mass is 448 g/mol. The van der Waals surface area contributed by atoms with Crippen molar-refractivity contribution in [2.75, 3.05) is 19.0 Å². The number of aryl methyl sites for hydroxylation is 2. The van der Waals surface area contributed by atoms with Crippen molar-refractivity contribution >= 4 is 11.6 Å². The number of nitrogens with one attached hydrogen (secondary N) is 1. The second kappa shape index (κ2) is 10.1. The number of rotatable bonds is 6. The van der Waals surface area contributed by atoms with Crippen LogP contribution in [0.4, 0.5) is 10.1 Å². The maximum atomic E-state index is 13.1. The van der Waals surface area contributed by atoms with Crippen LogP contribution in [-0.4, -0.2) is 34.4 Å². The third-order valence-electron chi connectivity index (χ3n) is 6.07. The van der Waals surface area contributed by atoms with Gasteiger partial charge in [0.1, 0.15) is 17.4 Å². The van der Waals surface area contributed by atoms with Gasteiger partial charge in [-0.2, -0.15) is 0 Å². The zero-order chi connectivity index (χ0) is 23.4. The first-order chi connectivity index (χ1) is 15.9. The fourth-order valence-electron chi connectivity index (χ4n) is 4.27. The Balaban J connectivity index is 1.52. The van der Waals surface area contributed by atoms with Gasteiger partial charge in [0.05, 0.1) is 24.4 Å². The first kappa shape index (κ1) is 22.9.